The van der Waals surface area contributed by atoms with Gasteiger partial charge in [0, 0.05) is 12.2 Å². The number of nitriles is 1. The SMILES string of the molecule is Cc1[nH]ncc1CCCNC(=O)CC#N. The molecule has 1 amide bonds. The summed E-state index contributed by atoms with van der Waals surface area (Å²) in [5, 5.41) is 17.7. The van der Waals surface area contributed by atoms with Crippen molar-refractivity contribution in [1.29, 1.82) is 5.26 Å². The van der Waals surface area contributed by atoms with Crippen LogP contribution in [0.25, 0.3) is 0 Å². The highest BCUT2D eigenvalue weighted by atomic mass is 16.1. The Labute approximate surface area is 88.5 Å². The number of aryl methyl sites for hydroxylation is 2. The van der Waals surface area contributed by atoms with E-state index in [-0.39, 0.29) is 12.3 Å². The van der Waals surface area contributed by atoms with Crippen molar-refractivity contribution in [3.8, 4) is 6.07 Å². The molecular weight excluding hydrogens is 192 g/mol. The highest BCUT2D eigenvalue weighted by Crippen LogP contribution is 2.04. The summed E-state index contributed by atoms with van der Waals surface area (Å²) >= 11 is 0. The van der Waals surface area contributed by atoms with Crippen molar-refractivity contribution in [3.63, 3.8) is 0 Å². The molecule has 1 heterocycles. The zero-order valence-electron chi connectivity index (χ0n) is 8.71. The first kappa shape index (κ1) is 11.2. The molecule has 0 aliphatic carbocycles. The van der Waals surface area contributed by atoms with Crippen LogP contribution in [0.5, 0.6) is 0 Å². The molecule has 0 atom stereocenters. The molecular formula is C10H14N4O. The topological polar surface area (TPSA) is 81.6 Å². The summed E-state index contributed by atoms with van der Waals surface area (Å²) in [5.41, 5.74) is 2.24. The third kappa shape index (κ3) is 3.81. The maximum Gasteiger partial charge on any atom is 0.234 e. The van der Waals surface area contributed by atoms with Crippen molar-refractivity contribution in [2.75, 3.05) is 6.54 Å². The first-order chi connectivity index (χ1) is 7.24. The van der Waals surface area contributed by atoms with E-state index in [9.17, 15) is 4.79 Å². The van der Waals surface area contributed by atoms with E-state index in [1.165, 1.54) is 5.56 Å². The molecule has 80 valence electrons. The number of carbonyl (C=O) groups excluding carboxylic acids is 1. The second-order valence-electron chi connectivity index (χ2n) is 3.31. The van der Waals surface area contributed by atoms with Crippen LogP contribution in [0.2, 0.25) is 0 Å². The Balaban J connectivity index is 2.15. The fourth-order valence-electron chi connectivity index (χ4n) is 1.27. The molecule has 0 radical (unpaired) electrons. The standard InChI is InChI=1S/C10H14N4O/c1-8-9(7-13-14-8)3-2-6-12-10(15)4-5-11/h7H,2-4,6H2,1H3,(H,12,15)(H,13,14). The number of aromatic amines is 1. The van der Waals surface area contributed by atoms with Crippen molar-refractivity contribution < 1.29 is 4.79 Å². The third-order valence-corrected chi connectivity index (χ3v) is 2.12. The Morgan fingerprint density at radius 1 is 1.73 bits per heavy atom. The van der Waals surface area contributed by atoms with E-state index in [1.54, 1.807) is 12.3 Å². The van der Waals surface area contributed by atoms with Gasteiger partial charge in [0.25, 0.3) is 0 Å². The van der Waals surface area contributed by atoms with E-state index < -0.39 is 0 Å². The van der Waals surface area contributed by atoms with Crippen LogP contribution in [-0.2, 0) is 11.2 Å². The Hall–Kier alpha value is -1.83. The molecule has 1 aromatic heterocycles. The largest absolute Gasteiger partial charge is 0.355 e. The fraction of sp³-hybridized carbons (Fsp3) is 0.500. The second kappa shape index (κ2) is 5.81. The van der Waals surface area contributed by atoms with Crippen molar-refractivity contribution in [1.82, 2.24) is 15.5 Å². The Bertz CT molecular complexity index is 364. The normalized spacial score (nSPS) is 9.60. The van der Waals surface area contributed by atoms with E-state index in [1.807, 2.05) is 6.92 Å². The quantitative estimate of drug-likeness (QED) is 0.695. The van der Waals surface area contributed by atoms with E-state index in [0.29, 0.717) is 6.54 Å². The number of rotatable bonds is 5. The smallest absolute Gasteiger partial charge is 0.234 e. The second-order valence-corrected chi connectivity index (χ2v) is 3.31. The predicted molar refractivity (Wildman–Crippen MR) is 54.9 cm³/mol. The molecule has 0 unspecified atom stereocenters. The minimum absolute atomic E-state index is 0.0647. The van der Waals surface area contributed by atoms with Crippen molar-refractivity contribution in [2.24, 2.45) is 0 Å². The van der Waals surface area contributed by atoms with Crippen LogP contribution in [0.15, 0.2) is 6.20 Å². The molecule has 2 N–H and O–H groups in total. The summed E-state index contributed by atoms with van der Waals surface area (Å²) < 4.78 is 0. The van der Waals surface area contributed by atoms with Crippen molar-refractivity contribution in [2.45, 2.75) is 26.2 Å². The summed E-state index contributed by atoms with van der Waals surface area (Å²) in [5.74, 6) is -0.207. The number of nitrogens with zero attached hydrogens (tertiary/aromatic N) is 2. The Kier molecular flexibility index (Phi) is 4.35. The molecule has 0 saturated carbocycles. The summed E-state index contributed by atoms with van der Waals surface area (Å²) in [6.07, 6.45) is 3.48. The third-order valence-electron chi connectivity index (χ3n) is 2.12. The Morgan fingerprint density at radius 2 is 2.53 bits per heavy atom. The molecule has 0 saturated heterocycles. The zero-order chi connectivity index (χ0) is 11.1. The number of nitrogens with one attached hydrogen (secondary N) is 2. The summed E-state index contributed by atoms with van der Waals surface area (Å²) in [6.45, 7) is 2.57. The molecule has 1 aromatic rings. The van der Waals surface area contributed by atoms with Gasteiger partial charge < -0.3 is 5.32 Å². The van der Waals surface area contributed by atoms with E-state index >= 15 is 0 Å². The maximum absolute atomic E-state index is 10.9. The van der Waals surface area contributed by atoms with Crippen LogP contribution in [0.3, 0.4) is 0 Å². The van der Waals surface area contributed by atoms with Crippen LogP contribution < -0.4 is 5.32 Å². The van der Waals surface area contributed by atoms with Gasteiger partial charge in [-0.05, 0) is 25.3 Å². The molecule has 0 fully saturated rings. The van der Waals surface area contributed by atoms with Gasteiger partial charge in [0.1, 0.15) is 6.42 Å². The predicted octanol–water partition coefficient (Wildman–Crippen LogP) is 0.681. The minimum Gasteiger partial charge on any atom is -0.355 e. The van der Waals surface area contributed by atoms with Gasteiger partial charge in [-0.15, -0.1) is 0 Å². The Morgan fingerprint density at radius 3 is 3.13 bits per heavy atom. The molecule has 0 aliphatic rings. The number of H-pyrrole nitrogens is 1. The monoisotopic (exact) mass is 206 g/mol. The summed E-state index contributed by atoms with van der Waals surface area (Å²) in [6, 6.07) is 1.80. The van der Waals surface area contributed by atoms with E-state index in [0.717, 1.165) is 18.5 Å². The number of aromatic nitrogens is 2. The van der Waals surface area contributed by atoms with Crippen molar-refractivity contribution in [3.05, 3.63) is 17.5 Å². The van der Waals surface area contributed by atoms with Crippen LogP contribution in [0.1, 0.15) is 24.1 Å². The highest BCUT2D eigenvalue weighted by Gasteiger charge is 2.01. The average Bonchev–Trinajstić information content (AvgIpc) is 2.60. The molecule has 5 nitrogen and oxygen atoms in total. The molecule has 5 heteroatoms. The van der Waals surface area contributed by atoms with E-state index in [2.05, 4.69) is 15.5 Å². The first-order valence-electron chi connectivity index (χ1n) is 4.86. The molecule has 15 heavy (non-hydrogen) atoms. The molecule has 0 spiro atoms. The summed E-state index contributed by atoms with van der Waals surface area (Å²) in [4.78, 5) is 10.9. The van der Waals surface area contributed by atoms with Gasteiger partial charge >= 0.3 is 0 Å². The fourth-order valence-corrected chi connectivity index (χ4v) is 1.27. The van der Waals surface area contributed by atoms with E-state index in [4.69, 9.17) is 5.26 Å². The van der Waals surface area contributed by atoms with Gasteiger partial charge in [0.2, 0.25) is 5.91 Å². The number of amides is 1. The van der Waals surface area contributed by atoms with Gasteiger partial charge in [-0.1, -0.05) is 0 Å². The zero-order valence-corrected chi connectivity index (χ0v) is 8.71. The number of hydrogen-bond acceptors (Lipinski definition) is 3. The molecule has 0 bridgehead atoms. The molecule has 0 aliphatic heterocycles. The summed E-state index contributed by atoms with van der Waals surface area (Å²) in [7, 11) is 0. The van der Waals surface area contributed by atoms with Crippen molar-refractivity contribution >= 4 is 5.91 Å². The van der Waals surface area contributed by atoms with Gasteiger partial charge in [-0.25, -0.2) is 0 Å². The molecule has 0 aromatic carbocycles. The first-order valence-corrected chi connectivity index (χ1v) is 4.86. The van der Waals surface area contributed by atoms with Crippen LogP contribution in [-0.4, -0.2) is 22.6 Å². The van der Waals surface area contributed by atoms with Crippen LogP contribution >= 0.6 is 0 Å². The lowest BCUT2D eigenvalue weighted by Gasteiger charge is -2.01. The minimum atomic E-state index is -0.207. The molecule has 1 rings (SSSR count). The lowest BCUT2D eigenvalue weighted by molar-refractivity contribution is -0.120. The lowest BCUT2D eigenvalue weighted by Crippen LogP contribution is -2.23. The van der Waals surface area contributed by atoms with Gasteiger partial charge in [-0.3, -0.25) is 9.89 Å². The number of hydrogen-bond donors (Lipinski definition) is 2. The van der Waals surface area contributed by atoms with Gasteiger partial charge in [0.05, 0.1) is 12.3 Å². The van der Waals surface area contributed by atoms with Gasteiger partial charge in [-0.2, -0.15) is 10.4 Å². The maximum atomic E-state index is 10.9. The highest BCUT2D eigenvalue weighted by molar-refractivity contribution is 5.77. The van der Waals surface area contributed by atoms with Crippen LogP contribution in [0, 0.1) is 18.3 Å². The van der Waals surface area contributed by atoms with Crippen LogP contribution in [0.4, 0.5) is 0 Å². The lowest BCUT2D eigenvalue weighted by atomic mass is 10.1. The number of carbonyl (C=O) groups is 1. The van der Waals surface area contributed by atoms with Gasteiger partial charge in [0.15, 0.2) is 0 Å². The average molecular weight is 206 g/mol.